The minimum Gasteiger partial charge on any atom is -0.451 e. The highest BCUT2D eigenvalue weighted by atomic mass is 32.1. The predicted molar refractivity (Wildman–Crippen MR) is 120 cm³/mol. The molecule has 1 saturated heterocycles. The first-order valence-electron chi connectivity index (χ1n) is 10.2. The first-order valence-corrected chi connectivity index (χ1v) is 11.1. The number of fused-ring (bicyclic) bond motifs is 1. The Balaban J connectivity index is 1.19. The number of piperazine rings is 1. The standard InChI is InChI=1S/C24H23N3O2S/c1-17-6-8-18(9-7-17)23-25-20(16-30-23)15-26-10-12-27(13-11-26)24(28)22-14-19-4-2-3-5-21(19)29-22/h2-9,14,16H,10-13,15H2,1H3. The number of nitrogens with zero attached hydrogens (tertiary/aromatic N) is 3. The Hall–Kier alpha value is -2.96. The zero-order valence-corrected chi connectivity index (χ0v) is 17.7. The lowest BCUT2D eigenvalue weighted by atomic mass is 10.2. The molecule has 5 nitrogen and oxygen atoms in total. The zero-order chi connectivity index (χ0) is 20.5. The van der Waals surface area contributed by atoms with Crippen LogP contribution in [0.15, 0.2) is 64.4 Å². The second kappa shape index (κ2) is 8.05. The molecule has 152 valence electrons. The van der Waals surface area contributed by atoms with Crippen LogP contribution < -0.4 is 0 Å². The molecule has 1 fully saturated rings. The molecule has 3 heterocycles. The average Bonchev–Trinajstić information content (AvgIpc) is 3.41. The molecule has 1 aliphatic heterocycles. The van der Waals surface area contributed by atoms with Crippen molar-refractivity contribution in [3.05, 3.63) is 77.0 Å². The third-order valence-electron chi connectivity index (χ3n) is 5.53. The quantitative estimate of drug-likeness (QED) is 0.478. The number of rotatable bonds is 4. The summed E-state index contributed by atoms with van der Waals surface area (Å²) in [4.78, 5) is 21.9. The lowest BCUT2D eigenvalue weighted by Gasteiger charge is -2.33. The molecule has 0 N–H and O–H groups in total. The lowest BCUT2D eigenvalue weighted by molar-refractivity contribution is 0.0599. The molecule has 2 aromatic heterocycles. The number of aromatic nitrogens is 1. The van der Waals surface area contributed by atoms with Gasteiger partial charge in [-0.05, 0) is 19.1 Å². The molecule has 0 aliphatic carbocycles. The summed E-state index contributed by atoms with van der Waals surface area (Å²) < 4.78 is 5.74. The van der Waals surface area contributed by atoms with E-state index >= 15 is 0 Å². The number of benzene rings is 2. The Morgan fingerprint density at radius 2 is 1.83 bits per heavy atom. The molecule has 0 unspecified atom stereocenters. The van der Waals surface area contributed by atoms with E-state index in [-0.39, 0.29) is 5.91 Å². The second-order valence-electron chi connectivity index (χ2n) is 7.73. The zero-order valence-electron chi connectivity index (χ0n) is 16.9. The summed E-state index contributed by atoms with van der Waals surface area (Å²) in [6.45, 7) is 5.98. The van der Waals surface area contributed by atoms with E-state index < -0.39 is 0 Å². The summed E-state index contributed by atoms with van der Waals surface area (Å²) in [5.41, 5.74) is 4.27. The van der Waals surface area contributed by atoms with Gasteiger partial charge in [0.15, 0.2) is 5.76 Å². The number of thiazole rings is 1. The Labute approximate surface area is 179 Å². The molecular formula is C24H23N3O2S. The summed E-state index contributed by atoms with van der Waals surface area (Å²) in [6, 6.07) is 18.1. The van der Waals surface area contributed by atoms with Crippen molar-refractivity contribution >= 4 is 28.2 Å². The first-order chi connectivity index (χ1) is 14.7. The molecule has 2 aromatic carbocycles. The molecule has 0 bridgehead atoms. The van der Waals surface area contributed by atoms with Gasteiger partial charge in [-0.2, -0.15) is 0 Å². The number of carbonyl (C=O) groups excluding carboxylic acids is 1. The van der Waals surface area contributed by atoms with E-state index in [0.717, 1.165) is 46.9 Å². The van der Waals surface area contributed by atoms with E-state index in [4.69, 9.17) is 9.40 Å². The molecule has 5 rings (SSSR count). The Morgan fingerprint density at radius 3 is 2.60 bits per heavy atom. The topological polar surface area (TPSA) is 49.6 Å². The molecule has 0 spiro atoms. The fourth-order valence-corrected chi connectivity index (χ4v) is 4.61. The SMILES string of the molecule is Cc1ccc(-c2nc(CN3CCN(C(=O)c4cc5ccccc5o4)CC3)cs2)cc1. The number of hydrogen-bond donors (Lipinski definition) is 0. The van der Waals surface area contributed by atoms with Gasteiger partial charge in [-0.25, -0.2) is 4.98 Å². The van der Waals surface area contributed by atoms with Gasteiger partial charge in [0.1, 0.15) is 10.6 Å². The van der Waals surface area contributed by atoms with E-state index in [1.54, 1.807) is 11.3 Å². The third kappa shape index (κ3) is 3.88. The summed E-state index contributed by atoms with van der Waals surface area (Å²) in [6.07, 6.45) is 0. The maximum Gasteiger partial charge on any atom is 0.289 e. The van der Waals surface area contributed by atoms with Crippen LogP contribution in [0.25, 0.3) is 21.5 Å². The van der Waals surface area contributed by atoms with Gasteiger partial charge in [-0.3, -0.25) is 9.69 Å². The van der Waals surface area contributed by atoms with Crippen molar-refractivity contribution in [2.45, 2.75) is 13.5 Å². The summed E-state index contributed by atoms with van der Waals surface area (Å²) >= 11 is 1.69. The molecule has 0 saturated carbocycles. The van der Waals surface area contributed by atoms with E-state index in [9.17, 15) is 4.79 Å². The van der Waals surface area contributed by atoms with Gasteiger partial charge in [0.25, 0.3) is 5.91 Å². The summed E-state index contributed by atoms with van der Waals surface area (Å²) in [7, 11) is 0. The van der Waals surface area contributed by atoms with Crippen LogP contribution in [0.1, 0.15) is 21.8 Å². The Bertz CT molecular complexity index is 1140. The van der Waals surface area contributed by atoms with Crippen molar-refractivity contribution in [3.63, 3.8) is 0 Å². The minimum atomic E-state index is -0.0267. The summed E-state index contributed by atoms with van der Waals surface area (Å²) in [5, 5.41) is 4.16. The van der Waals surface area contributed by atoms with Gasteiger partial charge >= 0.3 is 0 Å². The molecule has 1 amide bonds. The van der Waals surface area contributed by atoms with Crippen molar-refractivity contribution in [1.82, 2.24) is 14.8 Å². The number of carbonyl (C=O) groups is 1. The van der Waals surface area contributed by atoms with Crippen molar-refractivity contribution in [3.8, 4) is 10.6 Å². The van der Waals surface area contributed by atoms with Gasteiger partial charge in [0.2, 0.25) is 0 Å². The van der Waals surface area contributed by atoms with Gasteiger partial charge in [0, 0.05) is 49.1 Å². The normalized spacial score (nSPS) is 15.0. The Kier molecular flexibility index (Phi) is 5.11. The van der Waals surface area contributed by atoms with E-state index in [0.29, 0.717) is 18.8 Å². The maximum atomic E-state index is 12.8. The average molecular weight is 418 g/mol. The second-order valence-corrected chi connectivity index (χ2v) is 8.58. The number of hydrogen-bond acceptors (Lipinski definition) is 5. The summed E-state index contributed by atoms with van der Waals surface area (Å²) in [5.74, 6) is 0.396. The van der Waals surface area contributed by atoms with Crippen LogP contribution >= 0.6 is 11.3 Å². The van der Waals surface area contributed by atoms with Crippen molar-refractivity contribution in [2.75, 3.05) is 26.2 Å². The number of amides is 1. The predicted octanol–water partition coefficient (Wildman–Crippen LogP) is 4.82. The van der Waals surface area contributed by atoms with E-state index in [2.05, 4.69) is 41.5 Å². The van der Waals surface area contributed by atoms with Gasteiger partial charge in [-0.15, -0.1) is 11.3 Å². The molecule has 1 aliphatic rings. The fourth-order valence-electron chi connectivity index (χ4n) is 3.79. The van der Waals surface area contributed by atoms with Crippen LogP contribution in [0, 0.1) is 6.92 Å². The number of aryl methyl sites for hydroxylation is 1. The smallest absolute Gasteiger partial charge is 0.289 e. The fraction of sp³-hybridized carbons (Fsp3) is 0.250. The van der Waals surface area contributed by atoms with Crippen LogP contribution in [0.4, 0.5) is 0 Å². The third-order valence-corrected chi connectivity index (χ3v) is 6.47. The van der Waals surface area contributed by atoms with Crippen LogP contribution in [0.2, 0.25) is 0 Å². The largest absolute Gasteiger partial charge is 0.451 e. The maximum absolute atomic E-state index is 12.8. The van der Waals surface area contributed by atoms with Crippen molar-refractivity contribution < 1.29 is 9.21 Å². The van der Waals surface area contributed by atoms with Gasteiger partial charge in [0.05, 0.1) is 5.69 Å². The number of para-hydroxylation sites is 1. The number of furan rings is 1. The first kappa shape index (κ1) is 19.0. The van der Waals surface area contributed by atoms with E-state index in [1.807, 2.05) is 35.2 Å². The monoisotopic (exact) mass is 417 g/mol. The highest BCUT2D eigenvalue weighted by Crippen LogP contribution is 2.25. The Morgan fingerprint density at radius 1 is 1.07 bits per heavy atom. The highest BCUT2D eigenvalue weighted by molar-refractivity contribution is 7.13. The van der Waals surface area contributed by atoms with E-state index in [1.165, 1.54) is 5.56 Å². The van der Waals surface area contributed by atoms with Crippen LogP contribution in [-0.4, -0.2) is 46.9 Å². The van der Waals surface area contributed by atoms with Crippen LogP contribution in [0.3, 0.4) is 0 Å². The molecule has 30 heavy (non-hydrogen) atoms. The van der Waals surface area contributed by atoms with Crippen LogP contribution in [0.5, 0.6) is 0 Å². The van der Waals surface area contributed by atoms with Crippen molar-refractivity contribution in [2.24, 2.45) is 0 Å². The highest BCUT2D eigenvalue weighted by Gasteiger charge is 2.25. The molecule has 4 aromatic rings. The lowest BCUT2D eigenvalue weighted by Crippen LogP contribution is -2.48. The molecule has 0 radical (unpaired) electrons. The molecule has 0 atom stereocenters. The molecular weight excluding hydrogens is 394 g/mol. The van der Waals surface area contributed by atoms with Gasteiger partial charge in [-0.1, -0.05) is 48.0 Å². The van der Waals surface area contributed by atoms with Gasteiger partial charge < -0.3 is 9.32 Å². The molecule has 6 heteroatoms. The minimum absolute atomic E-state index is 0.0267. The van der Waals surface area contributed by atoms with Crippen LogP contribution in [-0.2, 0) is 6.54 Å². The van der Waals surface area contributed by atoms with Crippen molar-refractivity contribution in [1.29, 1.82) is 0 Å².